The Balaban J connectivity index is 1.68. The van der Waals surface area contributed by atoms with Crippen molar-refractivity contribution in [2.75, 3.05) is 20.1 Å². The van der Waals surface area contributed by atoms with E-state index in [0.29, 0.717) is 17.1 Å². The summed E-state index contributed by atoms with van der Waals surface area (Å²) >= 11 is 5.73. The van der Waals surface area contributed by atoms with Gasteiger partial charge in [0.2, 0.25) is 0 Å². The van der Waals surface area contributed by atoms with Crippen LogP contribution in [0, 0.1) is 5.82 Å². The molecule has 19 heavy (non-hydrogen) atoms. The number of rotatable bonds is 6. The maximum absolute atomic E-state index is 13.5. The van der Waals surface area contributed by atoms with Crippen LogP contribution in [0.4, 0.5) is 4.39 Å². The van der Waals surface area contributed by atoms with E-state index in [1.165, 1.54) is 31.7 Å². The van der Waals surface area contributed by atoms with Crippen molar-refractivity contribution in [2.24, 2.45) is 0 Å². The van der Waals surface area contributed by atoms with Crippen LogP contribution in [0.2, 0.25) is 5.02 Å². The minimum absolute atomic E-state index is 0.232. The molecule has 2 rings (SSSR count). The number of nitrogens with zero attached hydrogens (tertiary/aromatic N) is 1. The van der Waals surface area contributed by atoms with Gasteiger partial charge in [-0.1, -0.05) is 30.5 Å². The Morgan fingerprint density at radius 3 is 2.79 bits per heavy atom. The van der Waals surface area contributed by atoms with Gasteiger partial charge in [-0.15, -0.1) is 0 Å². The van der Waals surface area contributed by atoms with E-state index >= 15 is 0 Å². The van der Waals surface area contributed by atoms with Crippen LogP contribution in [0.15, 0.2) is 18.2 Å². The predicted octanol–water partition coefficient (Wildman–Crippen LogP) is 3.44. The topological polar surface area (TPSA) is 15.3 Å². The highest BCUT2D eigenvalue weighted by Crippen LogP contribution is 2.21. The molecule has 1 aromatic rings. The summed E-state index contributed by atoms with van der Waals surface area (Å²) in [4.78, 5) is 2.41. The lowest BCUT2D eigenvalue weighted by Crippen LogP contribution is -2.35. The first-order chi connectivity index (χ1) is 9.16. The standard InChI is InChI=1S/C15H22ClFN2/c1-19(14-4-2-3-5-14)9-8-18-11-12-6-7-13(16)10-15(12)17/h6-7,10,14,18H,2-5,8-9,11H2,1H3. The molecule has 1 fully saturated rings. The van der Waals surface area contributed by atoms with Crippen molar-refractivity contribution in [2.45, 2.75) is 38.3 Å². The van der Waals surface area contributed by atoms with Crippen LogP contribution in [0.3, 0.4) is 0 Å². The van der Waals surface area contributed by atoms with Crippen LogP contribution in [0.25, 0.3) is 0 Å². The largest absolute Gasteiger partial charge is 0.311 e. The summed E-state index contributed by atoms with van der Waals surface area (Å²) in [6, 6.07) is 5.58. The van der Waals surface area contributed by atoms with Gasteiger partial charge in [0.1, 0.15) is 5.82 Å². The third-order valence-electron chi connectivity index (χ3n) is 3.92. The second-order valence-corrected chi connectivity index (χ2v) is 5.77. The van der Waals surface area contributed by atoms with E-state index < -0.39 is 0 Å². The van der Waals surface area contributed by atoms with Crippen LogP contribution in [-0.4, -0.2) is 31.1 Å². The second kappa shape index (κ2) is 7.22. The van der Waals surface area contributed by atoms with Crippen molar-refractivity contribution in [1.29, 1.82) is 0 Å². The minimum Gasteiger partial charge on any atom is -0.311 e. The molecule has 106 valence electrons. The summed E-state index contributed by atoms with van der Waals surface area (Å²) in [6.07, 6.45) is 5.36. The van der Waals surface area contributed by atoms with Gasteiger partial charge < -0.3 is 10.2 Å². The van der Waals surface area contributed by atoms with Crippen molar-refractivity contribution >= 4 is 11.6 Å². The van der Waals surface area contributed by atoms with Crippen LogP contribution in [0.5, 0.6) is 0 Å². The summed E-state index contributed by atoms with van der Waals surface area (Å²) < 4.78 is 13.5. The van der Waals surface area contributed by atoms with Gasteiger partial charge in [-0.2, -0.15) is 0 Å². The van der Waals surface area contributed by atoms with Crippen molar-refractivity contribution in [3.8, 4) is 0 Å². The Bertz CT molecular complexity index is 405. The summed E-state index contributed by atoms with van der Waals surface area (Å²) in [5.41, 5.74) is 0.674. The molecule has 2 nitrogen and oxygen atoms in total. The highest BCUT2D eigenvalue weighted by atomic mass is 35.5. The highest BCUT2D eigenvalue weighted by Gasteiger charge is 2.18. The lowest BCUT2D eigenvalue weighted by Gasteiger charge is -2.24. The van der Waals surface area contributed by atoms with Gasteiger partial charge in [-0.3, -0.25) is 0 Å². The van der Waals surface area contributed by atoms with E-state index in [9.17, 15) is 4.39 Å². The smallest absolute Gasteiger partial charge is 0.129 e. The van der Waals surface area contributed by atoms with Gasteiger partial charge >= 0.3 is 0 Å². The van der Waals surface area contributed by atoms with E-state index in [2.05, 4.69) is 17.3 Å². The molecule has 0 saturated heterocycles. The quantitative estimate of drug-likeness (QED) is 0.805. The van der Waals surface area contributed by atoms with Crippen molar-refractivity contribution in [3.05, 3.63) is 34.6 Å². The van der Waals surface area contributed by atoms with E-state index in [-0.39, 0.29) is 5.82 Å². The third kappa shape index (κ3) is 4.44. The summed E-state index contributed by atoms with van der Waals surface area (Å²) in [5, 5.41) is 3.74. The molecular formula is C15H22ClFN2. The van der Waals surface area contributed by atoms with Crippen LogP contribution < -0.4 is 5.32 Å². The molecule has 0 spiro atoms. The number of likely N-dealkylation sites (N-methyl/N-ethyl adjacent to an activating group) is 1. The molecule has 1 aromatic carbocycles. The zero-order valence-electron chi connectivity index (χ0n) is 11.5. The Hall–Kier alpha value is -0.640. The van der Waals surface area contributed by atoms with Gasteiger partial charge in [-0.25, -0.2) is 4.39 Å². The van der Waals surface area contributed by atoms with Crippen molar-refractivity contribution < 1.29 is 4.39 Å². The van der Waals surface area contributed by atoms with Crippen molar-refractivity contribution in [3.63, 3.8) is 0 Å². The van der Waals surface area contributed by atoms with Gasteiger partial charge in [0.25, 0.3) is 0 Å². The Labute approximate surface area is 119 Å². The molecule has 0 atom stereocenters. The normalized spacial score (nSPS) is 16.4. The number of hydrogen-bond acceptors (Lipinski definition) is 2. The zero-order chi connectivity index (χ0) is 13.7. The minimum atomic E-state index is -0.232. The Morgan fingerprint density at radius 2 is 2.11 bits per heavy atom. The SMILES string of the molecule is CN(CCNCc1ccc(Cl)cc1F)C1CCCC1. The van der Waals surface area contributed by atoms with E-state index in [1.54, 1.807) is 12.1 Å². The number of hydrogen-bond donors (Lipinski definition) is 1. The Morgan fingerprint density at radius 1 is 1.37 bits per heavy atom. The van der Waals surface area contributed by atoms with E-state index in [4.69, 9.17) is 11.6 Å². The van der Waals surface area contributed by atoms with Gasteiger partial charge in [0.15, 0.2) is 0 Å². The fraction of sp³-hybridized carbons (Fsp3) is 0.600. The van der Waals surface area contributed by atoms with Crippen molar-refractivity contribution in [1.82, 2.24) is 10.2 Å². The first kappa shape index (κ1) is 14.8. The molecule has 4 heteroatoms. The monoisotopic (exact) mass is 284 g/mol. The molecule has 0 bridgehead atoms. The van der Waals surface area contributed by atoms with E-state index in [1.807, 2.05) is 0 Å². The maximum atomic E-state index is 13.5. The number of benzene rings is 1. The molecule has 0 aromatic heterocycles. The molecule has 1 saturated carbocycles. The molecule has 0 amide bonds. The fourth-order valence-corrected chi connectivity index (χ4v) is 2.83. The maximum Gasteiger partial charge on any atom is 0.129 e. The van der Waals surface area contributed by atoms with Gasteiger partial charge in [0.05, 0.1) is 0 Å². The summed E-state index contributed by atoms with van der Waals surface area (Å²) in [6.45, 7) is 2.45. The molecule has 0 radical (unpaired) electrons. The second-order valence-electron chi connectivity index (χ2n) is 5.33. The highest BCUT2D eigenvalue weighted by molar-refractivity contribution is 6.30. The third-order valence-corrected chi connectivity index (χ3v) is 4.15. The average Bonchev–Trinajstić information content (AvgIpc) is 2.90. The van der Waals surface area contributed by atoms with Crippen LogP contribution >= 0.6 is 11.6 Å². The molecule has 1 aliphatic rings. The van der Waals surface area contributed by atoms with Crippen LogP contribution in [-0.2, 0) is 6.54 Å². The molecule has 0 unspecified atom stereocenters. The number of halogens is 2. The molecular weight excluding hydrogens is 263 g/mol. The fourth-order valence-electron chi connectivity index (χ4n) is 2.67. The summed E-state index contributed by atoms with van der Waals surface area (Å²) in [7, 11) is 2.18. The number of nitrogens with one attached hydrogen (secondary N) is 1. The van der Waals surface area contributed by atoms with E-state index in [0.717, 1.165) is 19.1 Å². The lowest BCUT2D eigenvalue weighted by atomic mass is 10.2. The Kier molecular flexibility index (Phi) is 5.61. The predicted molar refractivity (Wildman–Crippen MR) is 78.0 cm³/mol. The van der Waals surface area contributed by atoms with Crippen LogP contribution in [0.1, 0.15) is 31.2 Å². The zero-order valence-corrected chi connectivity index (χ0v) is 12.2. The first-order valence-corrected chi connectivity index (χ1v) is 7.39. The summed E-state index contributed by atoms with van der Waals surface area (Å²) in [5.74, 6) is -0.232. The lowest BCUT2D eigenvalue weighted by molar-refractivity contribution is 0.245. The van der Waals surface area contributed by atoms with Gasteiger partial charge in [-0.05, 0) is 32.0 Å². The van der Waals surface area contributed by atoms with Gasteiger partial charge in [0, 0.05) is 36.3 Å². The first-order valence-electron chi connectivity index (χ1n) is 7.01. The molecule has 1 N–H and O–H groups in total. The molecule has 0 heterocycles. The molecule has 0 aliphatic heterocycles. The molecule has 1 aliphatic carbocycles. The average molecular weight is 285 g/mol.